The zero-order valence-electron chi connectivity index (χ0n) is 14.8. The van der Waals surface area contributed by atoms with Crippen molar-refractivity contribution in [3.05, 3.63) is 23.8 Å². The number of benzene rings is 1. The van der Waals surface area contributed by atoms with E-state index in [1.54, 1.807) is 32.6 Å². The number of carbonyl (C=O) groups is 1. The van der Waals surface area contributed by atoms with Crippen LogP contribution in [0, 0.1) is 0 Å². The molecule has 24 heavy (non-hydrogen) atoms. The normalized spacial score (nSPS) is 20.9. The van der Waals surface area contributed by atoms with E-state index >= 15 is 0 Å². The Hall–Kier alpha value is -2.24. The van der Waals surface area contributed by atoms with Gasteiger partial charge in [-0.1, -0.05) is 5.16 Å². The lowest BCUT2D eigenvalue weighted by molar-refractivity contribution is -0.142. The molecule has 1 aliphatic rings. The number of nitrogens with zero attached hydrogens (tertiary/aromatic N) is 2. The predicted octanol–water partition coefficient (Wildman–Crippen LogP) is 2.84. The molecule has 132 valence electrons. The van der Waals surface area contributed by atoms with Crippen LogP contribution >= 0.6 is 0 Å². The summed E-state index contributed by atoms with van der Waals surface area (Å²) in [5, 5.41) is 3.89. The molecule has 0 aromatic heterocycles. The van der Waals surface area contributed by atoms with Crippen LogP contribution in [-0.4, -0.2) is 49.9 Å². The van der Waals surface area contributed by atoms with Crippen molar-refractivity contribution >= 4 is 12.1 Å². The molecule has 1 heterocycles. The first-order chi connectivity index (χ1) is 11.6. The fraction of sp³-hybridized carbons (Fsp3) is 0.556. The van der Waals surface area contributed by atoms with Crippen molar-refractivity contribution in [1.29, 1.82) is 0 Å². The number of oxime groups is 1. The Morgan fingerprint density at radius 3 is 2.50 bits per heavy atom. The molecule has 1 amide bonds. The third kappa shape index (κ3) is 4.40. The van der Waals surface area contributed by atoms with E-state index in [0.29, 0.717) is 11.5 Å². The SMILES string of the molecule is COc1ccc(/C=N\OCC(=O)N2[C@H](C)CCC[C@H]2C)cc1OC. The lowest BCUT2D eigenvalue weighted by atomic mass is 9.97. The molecule has 1 saturated heterocycles. The predicted molar refractivity (Wildman–Crippen MR) is 92.7 cm³/mol. The molecule has 2 rings (SSSR count). The van der Waals surface area contributed by atoms with Crippen molar-refractivity contribution in [2.45, 2.75) is 45.2 Å². The number of methoxy groups -OCH3 is 2. The summed E-state index contributed by atoms with van der Waals surface area (Å²) in [4.78, 5) is 19.4. The first-order valence-electron chi connectivity index (χ1n) is 8.25. The summed E-state index contributed by atoms with van der Waals surface area (Å²) in [7, 11) is 3.16. The smallest absolute Gasteiger partial charge is 0.263 e. The van der Waals surface area contributed by atoms with Crippen LogP contribution in [0.3, 0.4) is 0 Å². The molecule has 0 aliphatic carbocycles. The highest BCUT2D eigenvalue weighted by molar-refractivity contribution is 5.81. The van der Waals surface area contributed by atoms with Crippen LogP contribution in [0.5, 0.6) is 11.5 Å². The molecular formula is C18H26N2O4. The van der Waals surface area contributed by atoms with Gasteiger partial charge in [-0.3, -0.25) is 4.79 Å². The zero-order chi connectivity index (χ0) is 17.5. The van der Waals surface area contributed by atoms with Crippen molar-refractivity contribution < 1.29 is 19.1 Å². The number of likely N-dealkylation sites (tertiary alicyclic amines) is 1. The molecule has 0 N–H and O–H groups in total. The average molecular weight is 334 g/mol. The number of ether oxygens (including phenoxy) is 2. The van der Waals surface area contributed by atoms with E-state index in [1.165, 1.54) is 6.42 Å². The summed E-state index contributed by atoms with van der Waals surface area (Å²) < 4.78 is 10.4. The summed E-state index contributed by atoms with van der Waals surface area (Å²) >= 11 is 0. The molecule has 1 fully saturated rings. The second kappa shape index (κ2) is 8.57. The van der Waals surface area contributed by atoms with Gasteiger partial charge in [-0.25, -0.2) is 0 Å². The maximum atomic E-state index is 12.3. The lowest BCUT2D eigenvalue weighted by Crippen LogP contribution is -2.48. The largest absolute Gasteiger partial charge is 0.493 e. The average Bonchev–Trinajstić information content (AvgIpc) is 2.58. The summed E-state index contributed by atoms with van der Waals surface area (Å²) in [6.07, 6.45) is 4.82. The molecule has 1 aromatic carbocycles. The van der Waals surface area contributed by atoms with Gasteiger partial charge in [0, 0.05) is 17.6 Å². The number of carbonyl (C=O) groups excluding carboxylic acids is 1. The van der Waals surface area contributed by atoms with E-state index in [4.69, 9.17) is 14.3 Å². The van der Waals surface area contributed by atoms with Crippen molar-refractivity contribution in [1.82, 2.24) is 4.90 Å². The molecule has 0 unspecified atom stereocenters. The van der Waals surface area contributed by atoms with Gasteiger partial charge in [0.15, 0.2) is 18.1 Å². The highest BCUT2D eigenvalue weighted by Crippen LogP contribution is 2.27. The molecule has 6 heteroatoms. The number of amides is 1. The van der Waals surface area contributed by atoms with Gasteiger partial charge in [0.2, 0.25) is 0 Å². The highest BCUT2D eigenvalue weighted by atomic mass is 16.6. The number of hydrogen-bond donors (Lipinski definition) is 0. The van der Waals surface area contributed by atoms with Gasteiger partial charge in [0.25, 0.3) is 5.91 Å². The van der Waals surface area contributed by atoms with Gasteiger partial charge in [0.05, 0.1) is 20.4 Å². The Labute approximate surface area is 143 Å². The van der Waals surface area contributed by atoms with Crippen molar-refractivity contribution in [2.24, 2.45) is 5.16 Å². The van der Waals surface area contributed by atoms with Crippen LogP contribution in [-0.2, 0) is 9.63 Å². The topological polar surface area (TPSA) is 60.4 Å². The Balaban J connectivity index is 1.89. The second-order valence-corrected chi connectivity index (χ2v) is 6.05. The maximum absolute atomic E-state index is 12.3. The molecule has 1 aromatic rings. The minimum atomic E-state index is -0.0432. The third-order valence-corrected chi connectivity index (χ3v) is 4.35. The van der Waals surface area contributed by atoms with Crippen molar-refractivity contribution in [2.75, 3.05) is 20.8 Å². The van der Waals surface area contributed by atoms with E-state index in [9.17, 15) is 4.79 Å². The van der Waals surface area contributed by atoms with Crippen LogP contribution in [0.2, 0.25) is 0 Å². The monoisotopic (exact) mass is 334 g/mol. The maximum Gasteiger partial charge on any atom is 0.263 e. The Bertz CT molecular complexity index is 578. The molecule has 0 radical (unpaired) electrons. The van der Waals surface area contributed by atoms with E-state index in [2.05, 4.69) is 19.0 Å². The van der Waals surface area contributed by atoms with Gasteiger partial charge in [-0.2, -0.15) is 0 Å². The Morgan fingerprint density at radius 1 is 1.21 bits per heavy atom. The number of piperidine rings is 1. The van der Waals surface area contributed by atoms with Crippen molar-refractivity contribution in [3.8, 4) is 11.5 Å². The first-order valence-corrected chi connectivity index (χ1v) is 8.25. The highest BCUT2D eigenvalue weighted by Gasteiger charge is 2.28. The summed E-state index contributed by atoms with van der Waals surface area (Å²) in [6, 6.07) is 5.95. The standard InChI is InChI=1S/C18H26N2O4/c1-13-6-5-7-14(2)20(13)18(21)12-24-19-11-15-8-9-16(22-3)17(10-15)23-4/h8-11,13-14H,5-7,12H2,1-4H3/b19-11-/t13-,14-/m1/s1. The summed E-state index contributed by atoms with van der Waals surface area (Å²) in [6.45, 7) is 4.12. The van der Waals surface area contributed by atoms with E-state index in [1.807, 2.05) is 11.0 Å². The van der Waals surface area contributed by atoms with E-state index < -0.39 is 0 Å². The van der Waals surface area contributed by atoms with Crippen LogP contribution in [0.1, 0.15) is 38.7 Å². The second-order valence-electron chi connectivity index (χ2n) is 6.05. The number of hydrogen-bond acceptors (Lipinski definition) is 5. The van der Waals surface area contributed by atoms with Gasteiger partial charge >= 0.3 is 0 Å². The molecule has 6 nitrogen and oxygen atoms in total. The molecular weight excluding hydrogens is 308 g/mol. The molecule has 1 aliphatic heterocycles. The molecule has 0 bridgehead atoms. The fourth-order valence-electron chi connectivity index (χ4n) is 3.11. The Morgan fingerprint density at radius 2 is 1.88 bits per heavy atom. The van der Waals surface area contributed by atoms with Crippen molar-refractivity contribution in [3.63, 3.8) is 0 Å². The summed E-state index contributed by atoms with van der Waals surface area (Å²) in [5.74, 6) is 1.26. The number of rotatable bonds is 6. The molecule has 0 saturated carbocycles. The fourth-order valence-corrected chi connectivity index (χ4v) is 3.11. The van der Waals surface area contributed by atoms with E-state index in [0.717, 1.165) is 18.4 Å². The third-order valence-electron chi connectivity index (χ3n) is 4.35. The van der Waals surface area contributed by atoms with Crippen LogP contribution < -0.4 is 9.47 Å². The Kier molecular flexibility index (Phi) is 6.46. The van der Waals surface area contributed by atoms with Crippen LogP contribution in [0.25, 0.3) is 0 Å². The van der Waals surface area contributed by atoms with Gasteiger partial charge in [0.1, 0.15) is 0 Å². The summed E-state index contributed by atoms with van der Waals surface area (Å²) in [5.41, 5.74) is 0.805. The lowest BCUT2D eigenvalue weighted by Gasteiger charge is -2.38. The van der Waals surface area contributed by atoms with Crippen LogP contribution in [0.4, 0.5) is 0 Å². The van der Waals surface area contributed by atoms with Gasteiger partial charge < -0.3 is 19.2 Å². The first kappa shape index (κ1) is 18.1. The zero-order valence-corrected chi connectivity index (χ0v) is 14.8. The molecule has 2 atom stereocenters. The van der Waals surface area contributed by atoms with Gasteiger partial charge in [-0.15, -0.1) is 0 Å². The van der Waals surface area contributed by atoms with Crippen LogP contribution in [0.15, 0.2) is 23.4 Å². The molecule has 0 spiro atoms. The van der Waals surface area contributed by atoms with Gasteiger partial charge in [-0.05, 0) is 51.3 Å². The minimum absolute atomic E-state index is 0.0147. The minimum Gasteiger partial charge on any atom is -0.493 e. The van der Waals surface area contributed by atoms with E-state index in [-0.39, 0.29) is 24.6 Å². The quantitative estimate of drug-likeness (QED) is 0.593.